The van der Waals surface area contributed by atoms with E-state index in [0.29, 0.717) is 46.3 Å². The lowest BCUT2D eigenvalue weighted by Gasteiger charge is -2.23. The number of amides is 1. The van der Waals surface area contributed by atoms with Gasteiger partial charge in [0.1, 0.15) is 11.5 Å². The topological polar surface area (TPSA) is 122 Å². The van der Waals surface area contributed by atoms with Gasteiger partial charge in [-0.2, -0.15) is 5.10 Å². The molecule has 0 saturated heterocycles. The van der Waals surface area contributed by atoms with Crippen molar-refractivity contribution in [1.29, 1.82) is 0 Å². The van der Waals surface area contributed by atoms with Crippen LogP contribution in [0.2, 0.25) is 0 Å². The average molecular weight is 445 g/mol. The molecule has 3 rings (SSSR count). The minimum Gasteiger partial charge on any atom is -0.497 e. The first-order chi connectivity index (χ1) is 15.4. The first-order valence-electron chi connectivity index (χ1n) is 9.53. The zero-order chi connectivity index (χ0) is 23.3. The molecule has 2 aromatic rings. The highest BCUT2D eigenvalue weighted by Gasteiger charge is 2.35. The number of benzene rings is 2. The molecule has 170 valence electrons. The molecule has 0 aromatic heterocycles. The largest absolute Gasteiger partial charge is 0.497 e. The highest BCUT2D eigenvalue weighted by molar-refractivity contribution is 6.03. The average Bonchev–Trinajstić information content (AvgIpc) is 3.26. The van der Waals surface area contributed by atoms with Crippen molar-refractivity contribution in [3.05, 3.63) is 57.6 Å². The zero-order valence-electron chi connectivity index (χ0n) is 18.1. The van der Waals surface area contributed by atoms with E-state index in [0.717, 1.165) is 0 Å². The number of hydrogen-bond donors (Lipinski definition) is 0. The van der Waals surface area contributed by atoms with Gasteiger partial charge in [0.15, 0.2) is 18.1 Å². The Bertz CT molecular complexity index is 1040. The van der Waals surface area contributed by atoms with Crippen molar-refractivity contribution in [2.75, 3.05) is 35.0 Å². The summed E-state index contributed by atoms with van der Waals surface area (Å²) in [6.07, 6.45) is 0.336. The normalized spacial score (nSPS) is 15.1. The van der Waals surface area contributed by atoms with Crippen LogP contribution in [0, 0.1) is 10.1 Å². The number of methoxy groups -OCH3 is 4. The molecule has 0 N–H and O–H groups in total. The molecular formula is C21H23N3O8. The lowest BCUT2D eigenvalue weighted by atomic mass is 9.97. The molecule has 1 aliphatic heterocycles. The molecule has 0 fully saturated rings. The van der Waals surface area contributed by atoms with Gasteiger partial charge in [0.05, 0.1) is 40.2 Å². The molecule has 1 amide bonds. The van der Waals surface area contributed by atoms with Gasteiger partial charge in [-0.15, -0.1) is 10.1 Å². The first-order valence-corrected chi connectivity index (χ1v) is 9.53. The minimum absolute atomic E-state index is 0.336. The highest BCUT2D eigenvalue weighted by atomic mass is 17.0. The molecule has 11 nitrogen and oxygen atoms in total. The van der Waals surface area contributed by atoms with Crippen molar-refractivity contribution in [3.8, 4) is 23.0 Å². The summed E-state index contributed by atoms with van der Waals surface area (Å²) in [6, 6.07) is 9.92. The number of nitrogens with zero attached hydrogens (tertiary/aromatic N) is 3. The van der Waals surface area contributed by atoms with Crippen LogP contribution < -0.4 is 18.9 Å². The molecule has 1 aliphatic rings. The SMILES string of the molecule is COc1ccc(C2CC(c3ccc(OC)c(OC)c3)=NN2C(=O)CO[N+](=O)[O-])c(OC)c1. The maximum Gasteiger partial charge on any atom is 0.295 e. The highest BCUT2D eigenvalue weighted by Crippen LogP contribution is 2.40. The third-order valence-corrected chi connectivity index (χ3v) is 4.98. The van der Waals surface area contributed by atoms with Crippen molar-refractivity contribution in [2.24, 2.45) is 5.10 Å². The van der Waals surface area contributed by atoms with Gasteiger partial charge < -0.3 is 23.8 Å². The number of hydrogen-bond acceptors (Lipinski definition) is 9. The lowest BCUT2D eigenvalue weighted by Crippen LogP contribution is -2.31. The molecule has 0 saturated carbocycles. The Balaban J connectivity index is 2.00. The van der Waals surface area contributed by atoms with E-state index >= 15 is 0 Å². The van der Waals surface area contributed by atoms with Crippen molar-refractivity contribution < 1.29 is 33.7 Å². The summed E-state index contributed by atoms with van der Waals surface area (Å²) in [7, 11) is 6.10. The standard InChI is InChI=1S/C21H23N3O8/c1-28-14-6-7-15(19(10-14)30-3)17-11-16(22-23(17)21(25)12-32-24(26)27)13-5-8-18(29-2)20(9-13)31-4/h5-10,17H,11-12H2,1-4H3. The summed E-state index contributed by atoms with van der Waals surface area (Å²) in [4.78, 5) is 27.6. The van der Waals surface area contributed by atoms with Gasteiger partial charge in [-0.1, -0.05) is 0 Å². The molecule has 0 radical (unpaired) electrons. The number of carbonyl (C=O) groups excluding carboxylic acids is 1. The van der Waals surface area contributed by atoms with Crippen molar-refractivity contribution in [1.82, 2.24) is 5.01 Å². The van der Waals surface area contributed by atoms with E-state index in [1.807, 2.05) is 0 Å². The fourth-order valence-corrected chi connectivity index (χ4v) is 3.44. The van der Waals surface area contributed by atoms with E-state index < -0.39 is 23.6 Å². The van der Waals surface area contributed by atoms with E-state index in [4.69, 9.17) is 18.9 Å². The minimum atomic E-state index is -1.02. The third kappa shape index (κ3) is 4.66. The number of ether oxygens (including phenoxy) is 4. The lowest BCUT2D eigenvalue weighted by molar-refractivity contribution is -0.754. The molecule has 2 aromatic carbocycles. The number of hydrazone groups is 1. The summed E-state index contributed by atoms with van der Waals surface area (Å²) < 4.78 is 21.4. The summed E-state index contributed by atoms with van der Waals surface area (Å²) in [5, 5.41) is 15.2. The van der Waals surface area contributed by atoms with Gasteiger partial charge in [-0.25, -0.2) is 5.01 Å². The van der Waals surface area contributed by atoms with Crippen LogP contribution in [0.15, 0.2) is 41.5 Å². The zero-order valence-corrected chi connectivity index (χ0v) is 18.1. The fraction of sp³-hybridized carbons (Fsp3) is 0.333. The molecule has 0 spiro atoms. The van der Waals surface area contributed by atoms with E-state index in [9.17, 15) is 14.9 Å². The Morgan fingerprint density at radius 1 is 1.03 bits per heavy atom. The Hall–Kier alpha value is -4.02. The first kappa shape index (κ1) is 22.7. The van der Waals surface area contributed by atoms with Crippen LogP contribution in [0.3, 0.4) is 0 Å². The number of rotatable bonds is 9. The monoisotopic (exact) mass is 445 g/mol. The summed E-state index contributed by atoms with van der Waals surface area (Å²) in [6.45, 7) is -0.759. The second-order valence-corrected chi connectivity index (χ2v) is 6.68. The van der Waals surface area contributed by atoms with Crippen LogP contribution in [-0.2, 0) is 9.63 Å². The van der Waals surface area contributed by atoms with Crippen LogP contribution in [0.4, 0.5) is 0 Å². The molecule has 0 aliphatic carbocycles. The van der Waals surface area contributed by atoms with Crippen LogP contribution >= 0.6 is 0 Å². The fourth-order valence-electron chi connectivity index (χ4n) is 3.44. The van der Waals surface area contributed by atoms with Gasteiger partial charge in [-0.3, -0.25) is 4.79 Å². The summed E-state index contributed by atoms with van der Waals surface area (Å²) in [5.41, 5.74) is 1.97. The maximum atomic E-state index is 12.7. The van der Waals surface area contributed by atoms with Crippen LogP contribution in [0.25, 0.3) is 0 Å². The molecular weight excluding hydrogens is 422 g/mol. The Morgan fingerprint density at radius 3 is 2.38 bits per heavy atom. The van der Waals surface area contributed by atoms with Crippen molar-refractivity contribution in [3.63, 3.8) is 0 Å². The van der Waals surface area contributed by atoms with Gasteiger partial charge in [0, 0.05) is 23.6 Å². The van der Waals surface area contributed by atoms with Crippen molar-refractivity contribution >= 4 is 11.6 Å². The number of carbonyl (C=O) groups is 1. The van der Waals surface area contributed by atoms with Gasteiger partial charge in [0.25, 0.3) is 11.0 Å². The molecule has 1 heterocycles. The predicted molar refractivity (Wildman–Crippen MR) is 113 cm³/mol. The van der Waals surface area contributed by atoms with Crippen molar-refractivity contribution in [2.45, 2.75) is 12.5 Å². The second-order valence-electron chi connectivity index (χ2n) is 6.68. The van der Waals surface area contributed by atoms with E-state index in [1.165, 1.54) is 33.4 Å². The molecule has 0 bridgehead atoms. The van der Waals surface area contributed by atoms with Crippen LogP contribution in [0.1, 0.15) is 23.6 Å². The third-order valence-electron chi connectivity index (χ3n) is 4.98. The Labute approximate surface area is 184 Å². The second kappa shape index (κ2) is 9.86. The quantitative estimate of drug-likeness (QED) is 0.426. The molecule has 32 heavy (non-hydrogen) atoms. The smallest absolute Gasteiger partial charge is 0.295 e. The molecule has 1 unspecified atom stereocenters. The Morgan fingerprint density at radius 2 is 1.75 bits per heavy atom. The predicted octanol–water partition coefficient (Wildman–Crippen LogP) is 2.61. The van der Waals surface area contributed by atoms with Crippen LogP contribution in [-0.4, -0.2) is 56.8 Å². The maximum absolute atomic E-state index is 12.7. The van der Waals surface area contributed by atoms with E-state index in [-0.39, 0.29) is 0 Å². The van der Waals surface area contributed by atoms with Crippen LogP contribution in [0.5, 0.6) is 23.0 Å². The Kier molecular flexibility index (Phi) is 6.98. The van der Waals surface area contributed by atoms with Gasteiger partial charge in [-0.05, 0) is 30.3 Å². The van der Waals surface area contributed by atoms with Gasteiger partial charge >= 0.3 is 0 Å². The van der Waals surface area contributed by atoms with E-state index in [2.05, 4.69) is 9.94 Å². The molecule has 1 atom stereocenters. The van der Waals surface area contributed by atoms with E-state index in [1.54, 1.807) is 36.4 Å². The van der Waals surface area contributed by atoms with Gasteiger partial charge in [0.2, 0.25) is 0 Å². The molecule has 11 heteroatoms. The summed E-state index contributed by atoms with van der Waals surface area (Å²) >= 11 is 0. The summed E-state index contributed by atoms with van der Waals surface area (Å²) in [5.74, 6) is 1.47.